The fourth-order valence-electron chi connectivity index (χ4n) is 4.04. The molecule has 0 spiro atoms. The summed E-state index contributed by atoms with van der Waals surface area (Å²) in [7, 11) is -2.92. The Morgan fingerprint density at radius 1 is 1.02 bits per heavy atom. The Morgan fingerprint density at radius 3 is 2.24 bits per heavy atom. The zero-order chi connectivity index (χ0) is 30.3. The van der Waals surface area contributed by atoms with Crippen LogP contribution in [-0.4, -0.2) is 50.9 Å². The van der Waals surface area contributed by atoms with Crippen LogP contribution in [0.25, 0.3) is 0 Å². The van der Waals surface area contributed by atoms with Crippen LogP contribution in [0.5, 0.6) is 5.75 Å². The van der Waals surface area contributed by atoms with E-state index in [-0.39, 0.29) is 33.9 Å². The highest BCUT2D eigenvalue weighted by Gasteiger charge is 2.34. The monoisotopic (exact) mass is 603 g/mol. The number of hydrogen-bond acceptors (Lipinski definition) is 5. The van der Waals surface area contributed by atoms with E-state index < -0.39 is 40.2 Å². The molecule has 41 heavy (non-hydrogen) atoms. The van der Waals surface area contributed by atoms with Crippen molar-refractivity contribution in [3.05, 3.63) is 88.7 Å². The molecule has 3 rings (SSSR count). The predicted octanol–water partition coefficient (Wildman–Crippen LogP) is 5.32. The zero-order valence-electron chi connectivity index (χ0n) is 23.7. The van der Waals surface area contributed by atoms with E-state index in [0.717, 1.165) is 9.87 Å². The molecule has 2 amide bonds. The summed E-state index contributed by atoms with van der Waals surface area (Å²) in [6, 6.07) is 15.1. The van der Waals surface area contributed by atoms with E-state index in [1.165, 1.54) is 60.5 Å². The van der Waals surface area contributed by atoms with Gasteiger partial charge in [-0.15, -0.1) is 0 Å². The fourth-order valence-corrected chi connectivity index (χ4v) is 5.63. The molecule has 3 aromatic rings. The minimum absolute atomic E-state index is 0.0365. The van der Waals surface area contributed by atoms with E-state index in [0.29, 0.717) is 12.0 Å². The highest BCUT2D eigenvalue weighted by molar-refractivity contribution is 7.92. The van der Waals surface area contributed by atoms with Crippen molar-refractivity contribution >= 4 is 39.1 Å². The van der Waals surface area contributed by atoms with Gasteiger partial charge in [-0.05, 0) is 75.2 Å². The van der Waals surface area contributed by atoms with Crippen molar-refractivity contribution in [1.82, 2.24) is 10.2 Å². The molecule has 0 aromatic heterocycles. The molecule has 11 heteroatoms. The van der Waals surface area contributed by atoms with Gasteiger partial charge in [0.05, 0.1) is 17.7 Å². The maximum atomic E-state index is 14.0. The predicted molar refractivity (Wildman–Crippen MR) is 158 cm³/mol. The zero-order valence-corrected chi connectivity index (χ0v) is 25.3. The van der Waals surface area contributed by atoms with Crippen LogP contribution in [0.3, 0.4) is 0 Å². The smallest absolute Gasteiger partial charge is 0.264 e. The maximum absolute atomic E-state index is 14.0. The number of hydrogen-bond donors (Lipinski definition) is 1. The lowest BCUT2D eigenvalue weighted by atomic mass is 10.1. The first-order chi connectivity index (χ1) is 19.4. The molecular weight excluding hydrogens is 569 g/mol. The van der Waals surface area contributed by atoms with Crippen molar-refractivity contribution in [3.63, 3.8) is 0 Å². The van der Waals surface area contributed by atoms with Gasteiger partial charge in [-0.3, -0.25) is 13.9 Å². The molecule has 0 saturated carbocycles. The van der Waals surface area contributed by atoms with Gasteiger partial charge >= 0.3 is 0 Å². The van der Waals surface area contributed by atoms with Crippen molar-refractivity contribution < 1.29 is 27.1 Å². The average Bonchev–Trinajstić information content (AvgIpc) is 2.95. The Hall–Kier alpha value is -3.63. The van der Waals surface area contributed by atoms with E-state index in [4.69, 9.17) is 16.3 Å². The number of aryl methyl sites for hydroxylation is 1. The van der Waals surface area contributed by atoms with Crippen LogP contribution in [0.15, 0.2) is 71.6 Å². The molecule has 220 valence electrons. The van der Waals surface area contributed by atoms with E-state index in [2.05, 4.69) is 5.32 Å². The molecular formula is C30H35ClFN3O5S. The molecule has 3 aromatic carbocycles. The summed E-state index contributed by atoms with van der Waals surface area (Å²) in [6.07, 6.45) is 0.682. The second kappa shape index (κ2) is 13.8. The van der Waals surface area contributed by atoms with Crippen LogP contribution in [-0.2, 0) is 26.2 Å². The lowest BCUT2D eigenvalue weighted by molar-refractivity contribution is -0.139. The standard InChI is InChI=1S/C30H35ClFN3O5S/c1-6-21(3)33-30(37)22(4)34(18-23-9-12-25(32)13-10-23)29(36)19-35(27-17-24(31)11-16-28(27)40-5)41(38,39)26-14-7-20(2)8-15-26/h7-17,21-22H,6,18-19H2,1-5H3,(H,33,37). The quantitative estimate of drug-likeness (QED) is 0.302. The minimum atomic E-state index is -4.30. The van der Waals surface area contributed by atoms with Crippen LogP contribution >= 0.6 is 11.6 Å². The van der Waals surface area contributed by atoms with Crippen LogP contribution in [0, 0.1) is 12.7 Å². The van der Waals surface area contributed by atoms with Gasteiger partial charge < -0.3 is 15.0 Å². The Kier molecular flexibility index (Phi) is 10.8. The van der Waals surface area contributed by atoms with E-state index in [9.17, 15) is 22.4 Å². The molecule has 2 atom stereocenters. The Balaban J connectivity index is 2.09. The molecule has 0 saturated heterocycles. The van der Waals surface area contributed by atoms with Gasteiger partial charge in [0, 0.05) is 17.6 Å². The number of nitrogens with one attached hydrogen (secondary N) is 1. The maximum Gasteiger partial charge on any atom is 0.264 e. The minimum Gasteiger partial charge on any atom is -0.495 e. The number of sulfonamides is 1. The first kappa shape index (κ1) is 31.9. The summed E-state index contributed by atoms with van der Waals surface area (Å²) in [5.74, 6) is -1.31. The molecule has 8 nitrogen and oxygen atoms in total. The van der Waals surface area contributed by atoms with Gasteiger partial charge in [-0.2, -0.15) is 0 Å². The van der Waals surface area contributed by atoms with Crippen LogP contribution in [0.2, 0.25) is 5.02 Å². The van der Waals surface area contributed by atoms with Crippen LogP contribution in [0.1, 0.15) is 38.3 Å². The Labute approximate surface area is 246 Å². The van der Waals surface area contributed by atoms with Gasteiger partial charge in [0.2, 0.25) is 11.8 Å². The second-order valence-electron chi connectivity index (χ2n) is 9.78. The number of anilines is 1. The summed E-state index contributed by atoms with van der Waals surface area (Å²) in [5.41, 5.74) is 1.49. The third kappa shape index (κ3) is 7.98. The highest BCUT2D eigenvalue weighted by Crippen LogP contribution is 2.35. The van der Waals surface area contributed by atoms with E-state index in [1.54, 1.807) is 25.1 Å². The first-order valence-corrected chi connectivity index (χ1v) is 15.0. The van der Waals surface area contributed by atoms with Gasteiger partial charge in [0.25, 0.3) is 10.0 Å². The Morgan fingerprint density at radius 2 is 1.66 bits per heavy atom. The van der Waals surface area contributed by atoms with Crippen molar-refractivity contribution in [2.24, 2.45) is 0 Å². The molecule has 0 fully saturated rings. The highest BCUT2D eigenvalue weighted by atomic mass is 35.5. The Bertz CT molecular complexity index is 1470. The number of ether oxygens (including phenoxy) is 1. The average molecular weight is 604 g/mol. The lowest BCUT2D eigenvalue weighted by Crippen LogP contribution is -2.52. The molecule has 0 bridgehead atoms. The normalized spacial score (nSPS) is 12.8. The van der Waals surface area contributed by atoms with Gasteiger partial charge in [-0.25, -0.2) is 12.8 Å². The summed E-state index contributed by atoms with van der Waals surface area (Å²) in [4.78, 5) is 28.4. The third-order valence-corrected chi connectivity index (χ3v) is 8.74. The summed E-state index contributed by atoms with van der Waals surface area (Å²) >= 11 is 6.25. The van der Waals surface area contributed by atoms with Crippen molar-refractivity contribution in [2.45, 2.75) is 57.6 Å². The van der Waals surface area contributed by atoms with Crippen LogP contribution < -0.4 is 14.4 Å². The number of nitrogens with zero attached hydrogens (tertiary/aromatic N) is 2. The van der Waals surface area contributed by atoms with Crippen molar-refractivity contribution in [1.29, 1.82) is 0 Å². The number of carbonyl (C=O) groups is 2. The number of carbonyl (C=O) groups excluding carboxylic acids is 2. The number of rotatable bonds is 12. The topological polar surface area (TPSA) is 96.0 Å². The van der Waals surface area contributed by atoms with Gasteiger partial charge in [-0.1, -0.05) is 48.4 Å². The van der Waals surface area contributed by atoms with Crippen molar-refractivity contribution in [3.8, 4) is 5.75 Å². The summed E-state index contributed by atoms with van der Waals surface area (Å²) in [5, 5.41) is 3.11. The molecule has 2 unspecified atom stereocenters. The fraction of sp³-hybridized carbons (Fsp3) is 0.333. The largest absolute Gasteiger partial charge is 0.495 e. The van der Waals surface area contributed by atoms with E-state index >= 15 is 0 Å². The van der Waals surface area contributed by atoms with E-state index in [1.807, 2.05) is 20.8 Å². The number of methoxy groups -OCH3 is 1. The van der Waals surface area contributed by atoms with Crippen LogP contribution in [0.4, 0.5) is 10.1 Å². The molecule has 0 aliphatic heterocycles. The van der Waals surface area contributed by atoms with Crippen molar-refractivity contribution in [2.75, 3.05) is 18.0 Å². The lowest BCUT2D eigenvalue weighted by Gasteiger charge is -2.33. The SMILES string of the molecule is CCC(C)NC(=O)C(C)N(Cc1ccc(F)cc1)C(=O)CN(c1cc(Cl)ccc1OC)S(=O)(=O)c1ccc(C)cc1. The molecule has 1 N–H and O–H groups in total. The molecule has 0 heterocycles. The number of halogens is 2. The summed E-state index contributed by atoms with van der Waals surface area (Å²) < 4.78 is 48.0. The molecule has 0 radical (unpaired) electrons. The number of benzene rings is 3. The third-order valence-electron chi connectivity index (χ3n) is 6.73. The second-order valence-corrected chi connectivity index (χ2v) is 12.1. The summed E-state index contributed by atoms with van der Waals surface area (Å²) in [6.45, 7) is 6.45. The molecule has 0 aliphatic carbocycles. The van der Waals surface area contributed by atoms with Gasteiger partial charge in [0.1, 0.15) is 24.2 Å². The first-order valence-electron chi connectivity index (χ1n) is 13.1. The number of amides is 2. The van der Waals surface area contributed by atoms with Gasteiger partial charge in [0.15, 0.2) is 0 Å². The molecule has 0 aliphatic rings.